The first-order valence-corrected chi connectivity index (χ1v) is 11.8. The van der Waals surface area contributed by atoms with E-state index in [1.54, 1.807) is 36.4 Å². The lowest BCUT2D eigenvalue weighted by Gasteiger charge is -2.15. The second kappa shape index (κ2) is 10.0. The molecule has 33 heavy (non-hydrogen) atoms. The molecule has 2 aromatic carbocycles. The van der Waals surface area contributed by atoms with Crippen LogP contribution in [0.15, 0.2) is 39.7 Å². The zero-order valence-electron chi connectivity index (χ0n) is 17.6. The fourth-order valence-corrected chi connectivity index (χ4v) is 5.00. The Bertz CT molecular complexity index is 1170. The van der Waals surface area contributed by atoms with Gasteiger partial charge in [0.2, 0.25) is 6.79 Å². The zero-order chi connectivity index (χ0) is 23.5. The number of rotatable bonds is 7. The average molecular weight is 552 g/mol. The number of methoxy groups -OCH3 is 1. The van der Waals surface area contributed by atoms with Gasteiger partial charge in [0.05, 0.1) is 28.8 Å². The highest BCUT2D eigenvalue weighted by Gasteiger charge is 2.34. The van der Waals surface area contributed by atoms with Crippen LogP contribution < -0.4 is 23.8 Å². The number of esters is 1. The summed E-state index contributed by atoms with van der Waals surface area (Å²) in [5.74, 6) is 1.23. The Balaban J connectivity index is 1.61. The van der Waals surface area contributed by atoms with Crippen LogP contribution in [0.2, 0.25) is 0 Å². The molecular formula is C22H18BrNO7S2. The van der Waals surface area contributed by atoms with Gasteiger partial charge in [0.25, 0.3) is 5.91 Å². The van der Waals surface area contributed by atoms with Crippen LogP contribution in [-0.2, 0) is 14.3 Å². The minimum atomic E-state index is -0.513. The monoisotopic (exact) mass is 551 g/mol. The van der Waals surface area contributed by atoms with Crippen LogP contribution >= 0.6 is 39.9 Å². The maximum Gasteiger partial charge on any atom is 0.343 e. The number of carbonyl (C=O) groups excluding carboxylic acids is 2. The van der Waals surface area contributed by atoms with Gasteiger partial charge in [-0.1, -0.05) is 24.0 Å². The fourth-order valence-electron chi connectivity index (χ4n) is 3.13. The van der Waals surface area contributed by atoms with Crippen LogP contribution in [0.25, 0.3) is 6.08 Å². The molecular weight excluding hydrogens is 534 g/mol. The van der Waals surface area contributed by atoms with Crippen molar-refractivity contribution >= 4 is 67.9 Å². The predicted octanol–water partition coefficient (Wildman–Crippen LogP) is 4.53. The molecule has 0 N–H and O–H groups in total. The van der Waals surface area contributed by atoms with Gasteiger partial charge in [-0.05, 0) is 58.8 Å². The number of halogens is 1. The van der Waals surface area contributed by atoms with E-state index in [1.165, 1.54) is 23.8 Å². The van der Waals surface area contributed by atoms with Gasteiger partial charge in [0.1, 0.15) is 0 Å². The highest BCUT2D eigenvalue weighted by Crippen LogP contribution is 2.42. The number of nitrogens with zero attached hydrogens (tertiary/aromatic N) is 1. The molecule has 0 saturated carbocycles. The van der Waals surface area contributed by atoms with E-state index in [0.29, 0.717) is 54.6 Å². The molecule has 0 aliphatic carbocycles. The number of fused-ring (bicyclic) bond motifs is 1. The van der Waals surface area contributed by atoms with E-state index < -0.39 is 5.97 Å². The van der Waals surface area contributed by atoms with Gasteiger partial charge < -0.3 is 23.7 Å². The van der Waals surface area contributed by atoms with Crippen molar-refractivity contribution in [1.29, 1.82) is 0 Å². The van der Waals surface area contributed by atoms with Gasteiger partial charge in [-0.2, -0.15) is 0 Å². The van der Waals surface area contributed by atoms with E-state index in [9.17, 15) is 9.59 Å². The van der Waals surface area contributed by atoms with Crippen molar-refractivity contribution in [2.45, 2.75) is 6.92 Å². The molecule has 11 heteroatoms. The van der Waals surface area contributed by atoms with E-state index in [-0.39, 0.29) is 19.3 Å². The van der Waals surface area contributed by atoms with Crippen LogP contribution in [0.1, 0.15) is 12.5 Å². The molecule has 2 aliphatic heterocycles. The zero-order valence-corrected chi connectivity index (χ0v) is 20.8. The van der Waals surface area contributed by atoms with Gasteiger partial charge in [0.15, 0.2) is 33.9 Å². The Morgan fingerprint density at radius 3 is 2.79 bits per heavy atom. The molecule has 0 unspecified atom stereocenters. The number of thioether (sulfide) groups is 1. The Hall–Kier alpha value is -2.76. The molecule has 2 heterocycles. The molecule has 0 spiro atoms. The highest BCUT2D eigenvalue weighted by atomic mass is 79.9. The Morgan fingerprint density at radius 2 is 2.03 bits per heavy atom. The molecule has 2 aliphatic rings. The Kier molecular flexibility index (Phi) is 7.11. The lowest BCUT2D eigenvalue weighted by Crippen LogP contribution is -2.27. The fraction of sp³-hybridized carbons (Fsp3) is 0.227. The highest BCUT2D eigenvalue weighted by molar-refractivity contribution is 9.10. The van der Waals surface area contributed by atoms with Crippen molar-refractivity contribution in [2.75, 3.05) is 32.0 Å². The summed E-state index contributed by atoms with van der Waals surface area (Å²) in [5, 5.41) is 0. The molecule has 0 radical (unpaired) electrons. The molecule has 172 valence electrons. The quantitative estimate of drug-likeness (QED) is 0.280. The van der Waals surface area contributed by atoms with E-state index in [4.69, 9.17) is 31.2 Å². The Morgan fingerprint density at radius 1 is 1.24 bits per heavy atom. The van der Waals surface area contributed by atoms with Crippen molar-refractivity contribution in [3.05, 3.63) is 45.3 Å². The number of hydrogen-bond donors (Lipinski definition) is 0. The minimum Gasteiger partial charge on any atom is -0.490 e. The third-order valence-electron chi connectivity index (χ3n) is 4.60. The number of hydrogen-bond acceptors (Lipinski definition) is 9. The van der Waals surface area contributed by atoms with Gasteiger partial charge in [-0.15, -0.1) is 0 Å². The topological polar surface area (TPSA) is 83.5 Å². The van der Waals surface area contributed by atoms with Gasteiger partial charge in [0, 0.05) is 6.07 Å². The van der Waals surface area contributed by atoms with Crippen LogP contribution in [0.4, 0.5) is 5.69 Å². The summed E-state index contributed by atoms with van der Waals surface area (Å²) >= 11 is 10.1. The maximum atomic E-state index is 13.2. The predicted molar refractivity (Wildman–Crippen MR) is 131 cm³/mol. The van der Waals surface area contributed by atoms with Crippen molar-refractivity contribution in [1.82, 2.24) is 0 Å². The largest absolute Gasteiger partial charge is 0.490 e. The van der Waals surface area contributed by atoms with Crippen LogP contribution in [0.3, 0.4) is 0 Å². The third-order valence-corrected chi connectivity index (χ3v) is 6.49. The number of thiocarbonyl (C=S) groups is 1. The molecule has 2 aromatic rings. The minimum absolute atomic E-state index is 0.146. The maximum absolute atomic E-state index is 13.2. The van der Waals surface area contributed by atoms with E-state index in [1.807, 2.05) is 6.92 Å². The summed E-state index contributed by atoms with van der Waals surface area (Å²) in [5.41, 5.74) is 1.30. The van der Waals surface area contributed by atoms with Crippen molar-refractivity contribution in [2.24, 2.45) is 0 Å². The van der Waals surface area contributed by atoms with E-state index >= 15 is 0 Å². The van der Waals surface area contributed by atoms with Gasteiger partial charge in [-0.25, -0.2) is 4.79 Å². The first-order chi connectivity index (χ1) is 15.9. The molecule has 0 bridgehead atoms. The van der Waals surface area contributed by atoms with Crippen molar-refractivity contribution in [3.63, 3.8) is 0 Å². The normalized spacial score (nSPS) is 15.8. The van der Waals surface area contributed by atoms with E-state index in [2.05, 4.69) is 20.7 Å². The summed E-state index contributed by atoms with van der Waals surface area (Å²) in [6.45, 7) is 2.11. The van der Waals surface area contributed by atoms with Crippen molar-refractivity contribution in [3.8, 4) is 23.0 Å². The number of ether oxygens (including phenoxy) is 5. The second-order valence-electron chi connectivity index (χ2n) is 6.68. The molecule has 1 fully saturated rings. The number of amides is 1. The van der Waals surface area contributed by atoms with Crippen LogP contribution in [-0.4, -0.2) is 43.3 Å². The molecule has 0 aromatic heterocycles. The lowest BCUT2D eigenvalue weighted by molar-refractivity contribution is -0.142. The summed E-state index contributed by atoms with van der Waals surface area (Å²) in [6.07, 6.45) is 1.73. The summed E-state index contributed by atoms with van der Waals surface area (Å²) in [4.78, 5) is 26.5. The summed E-state index contributed by atoms with van der Waals surface area (Å²) < 4.78 is 27.6. The SMILES string of the molecule is CCOc1cc(/C=C2\SC(=S)N(c3ccc4c(c3)OCO4)C2=O)cc(Br)c1OCC(=O)OC. The van der Waals surface area contributed by atoms with Crippen molar-refractivity contribution < 1.29 is 33.3 Å². The molecule has 8 nitrogen and oxygen atoms in total. The third kappa shape index (κ3) is 4.94. The Labute approximate surface area is 207 Å². The van der Waals surface area contributed by atoms with Gasteiger partial charge >= 0.3 is 5.97 Å². The number of carbonyl (C=O) groups is 2. The average Bonchev–Trinajstić information content (AvgIpc) is 3.36. The van der Waals surface area contributed by atoms with Crippen LogP contribution in [0.5, 0.6) is 23.0 Å². The first kappa shape index (κ1) is 23.4. The van der Waals surface area contributed by atoms with Gasteiger partial charge in [-0.3, -0.25) is 9.69 Å². The molecule has 0 atom stereocenters. The van der Waals surface area contributed by atoms with Crippen LogP contribution in [0, 0.1) is 0 Å². The second-order valence-corrected chi connectivity index (χ2v) is 9.21. The summed E-state index contributed by atoms with van der Waals surface area (Å²) in [7, 11) is 1.28. The smallest absolute Gasteiger partial charge is 0.343 e. The number of anilines is 1. The molecule has 1 saturated heterocycles. The number of benzene rings is 2. The molecule has 1 amide bonds. The lowest BCUT2D eigenvalue weighted by atomic mass is 10.1. The standard InChI is InChI=1S/C22H18BrNO7S2/c1-3-28-17-7-12(6-14(23)20(17)29-10-19(25)27-2)8-18-21(26)24(22(32)33-18)13-4-5-15-16(9-13)31-11-30-15/h4-9H,3,10-11H2,1-2H3/b18-8-. The summed E-state index contributed by atoms with van der Waals surface area (Å²) in [6, 6.07) is 8.74. The molecule has 4 rings (SSSR count). The first-order valence-electron chi connectivity index (χ1n) is 9.74. The van der Waals surface area contributed by atoms with E-state index in [0.717, 1.165) is 0 Å².